The lowest BCUT2D eigenvalue weighted by Gasteiger charge is -2.37. The van der Waals surface area contributed by atoms with E-state index in [9.17, 15) is 0 Å². The van der Waals surface area contributed by atoms with Crippen LogP contribution < -0.4 is 5.73 Å². The first-order valence-corrected chi connectivity index (χ1v) is 7.71. The van der Waals surface area contributed by atoms with Gasteiger partial charge in [-0.25, -0.2) is 0 Å². The van der Waals surface area contributed by atoms with Crippen molar-refractivity contribution >= 4 is 5.84 Å². The fourth-order valence-electron chi connectivity index (χ4n) is 3.30. The van der Waals surface area contributed by atoms with E-state index in [2.05, 4.69) is 18.7 Å². The van der Waals surface area contributed by atoms with Gasteiger partial charge in [-0.3, -0.25) is 10.3 Å². The van der Waals surface area contributed by atoms with Crippen LogP contribution in [0.5, 0.6) is 0 Å². The number of hydrogen-bond acceptors (Lipinski definition) is 3. The molecular weight excluding hydrogens is 238 g/mol. The van der Waals surface area contributed by atoms with Gasteiger partial charge in [0.1, 0.15) is 0 Å². The molecule has 0 aromatic heterocycles. The van der Waals surface area contributed by atoms with Crippen molar-refractivity contribution in [1.82, 2.24) is 4.90 Å². The number of ether oxygens (including phenoxy) is 1. The lowest BCUT2D eigenvalue weighted by Crippen LogP contribution is -2.48. The van der Waals surface area contributed by atoms with Crippen LogP contribution in [0.25, 0.3) is 0 Å². The molecule has 4 heteroatoms. The Bertz CT molecular complexity index is 317. The molecule has 1 aliphatic heterocycles. The summed E-state index contributed by atoms with van der Waals surface area (Å²) in [5.74, 6) is 0.315. The van der Waals surface area contributed by atoms with Crippen molar-refractivity contribution in [3.63, 3.8) is 0 Å². The molecule has 3 N–H and O–H groups in total. The van der Waals surface area contributed by atoms with Gasteiger partial charge in [0.05, 0.1) is 18.5 Å². The van der Waals surface area contributed by atoms with Crippen molar-refractivity contribution in [2.24, 2.45) is 11.1 Å². The highest BCUT2D eigenvalue weighted by Gasteiger charge is 2.35. The minimum absolute atomic E-state index is 0.138. The first-order chi connectivity index (χ1) is 9.00. The topological polar surface area (TPSA) is 62.3 Å². The van der Waals surface area contributed by atoms with Gasteiger partial charge in [-0.1, -0.05) is 20.3 Å². The third-order valence-electron chi connectivity index (χ3n) is 4.82. The van der Waals surface area contributed by atoms with E-state index in [1.54, 1.807) is 0 Å². The average Bonchev–Trinajstić information content (AvgIpc) is 2.83. The number of unbranched alkanes of at least 4 members (excludes halogenated alkanes) is 1. The number of nitrogens with two attached hydrogens (primary N) is 1. The Balaban J connectivity index is 1.69. The second-order valence-corrected chi connectivity index (χ2v) is 6.70. The molecule has 1 saturated carbocycles. The molecule has 2 aliphatic rings. The molecule has 0 amide bonds. The van der Waals surface area contributed by atoms with Crippen molar-refractivity contribution in [2.45, 2.75) is 64.5 Å². The zero-order chi connectivity index (χ0) is 13.9. The largest absolute Gasteiger partial charge is 0.387 e. The minimum atomic E-state index is -0.138. The molecule has 2 fully saturated rings. The molecule has 1 saturated heterocycles. The highest BCUT2D eigenvalue weighted by Crippen LogP contribution is 2.30. The summed E-state index contributed by atoms with van der Waals surface area (Å²) in [6, 6.07) is 0.676. The summed E-state index contributed by atoms with van der Waals surface area (Å²) in [4.78, 5) is 2.63. The van der Waals surface area contributed by atoms with Crippen molar-refractivity contribution in [1.29, 1.82) is 5.41 Å². The van der Waals surface area contributed by atoms with Crippen LogP contribution >= 0.6 is 0 Å². The Kier molecular flexibility index (Phi) is 4.85. The number of fused-ring (bicyclic) bond motifs is 1. The zero-order valence-corrected chi connectivity index (χ0v) is 12.5. The molecule has 2 rings (SSSR count). The van der Waals surface area contributed by atoms with E-state index in [4.69, 9.17) is 15.9 Å². The highest BCUT2D eigenvalue weighted by molar-refractivity contribution is 5.82. The molecule has 0 radical (unpaired) electrons. The maximum atomic E-state index is 7.58. The lowest BCUT2D eigenvalue weighted by molar-refractivity contribution is -0.0559. The van der Waals surface area contributed by atoms with Gasteiger partial charge in [0, 0.05) is 18.0 Å². The smallest absolute Gasteiger partial charge is 0.0963 e. The van der Waals surface area contributed by atoms with Gasteiger partial charge in [0.25, 0.3) is 0 Å². The molecule has 2 unspecified atom stereocenters. The Hall–Kier alpha value is -0.610. The van der Waals surface area contributed by atoms with Gasteiger partial charge in [0.2, 0.25) is 0 Å². The molecule has 0 aromatic rings. The molecule has 1 aliphatic carbocycles. The van der Waals surface area contributed by atoms with E-state index in [1.165, 1.54) is 32.2 Å². The fourth-order valence-corrected chi connectivity index (χ4v) is 3.30. The number of nitrogens with one attached hydrogen (secondary N) is 1. The maximum absolute atomic E-state index is 7.58. The second kappa shape index (κ2) is 6.23. The van der Waals surface area contributed by atoms with E-state index in [0.29, 0.717) is 18.0 Å². The average molecular weight is 267 g/mol. The normalized spacial score (nSPS) is 28.3. The summed E-state index contributed by atoms with van der Waals surface area (Å²) >= 11 is 0. The van der Waals surface area contributed by atoms with Crippen LogP contribution in [0.15, 0.2) is 0 Å². The van der Waals surface area contributed by atoms with E-state index >= 15 is 0 Å². The van der Waals surface area contributed by atoms with Gasteiger partial charge in [0.15, 0.2) is 0 Å². The van der Waals surface area contributed by atoms with Crippen LogP contribution in [-0.2, 0) is 4.74 Å². The molecule has 19 heavy (non-hydrogen) atoms. The number of nitrogens with zero attached hydrogens (tertiary/aromatic N) is 1. The molecular formula is C15H29N3O. The first kappa shape index (κ1) is 14.8. The van der Waals surface area contributed by atoms with E-state index in [1.807, 2.05) is 0 Å². The van der Waals surface area contributed by atoms with Crippen LogP contribution in [-0.4, -0.2) is 42.6 Å². The van der Waals surface area contributed by atoms with E-state index in [-0.39, 0.29) is 5.41 Å². The van der Waals surface area contributed by atoms with Crippen molar-refractivity contribution in [3.8, 4) is 0 Å². The Morgan fingerprint density at radius 3 is 2.89 bits per heavy atom. The minimum Gasteiger partial charge on any atom is -0.387 e. The third kappa shape index (κ3) is 3.69. The summed E-state index contributed by atoms with van der Waals surface area (Å²) in [6.07, 6.45) is 7.76. The summed E-state index contributed by atoms with van der Waals surface area (Å²) in [5.41, 5.74) is 5.48. The Morgan fingerprint density at radius 2 is 2.16 bits per heavy atom. The van der Waals surface area contributed by atoms with Crippen LogP contribution in [0.1, 0.15) is 52.4 Å². The predicted molar refractivity (Wildman–Crippen MR) is 78.5 cm³/mol. The van der Waals surface area contributed by atoms with Crippen molar-refractivity contribution in [2.75, 3.05) is 19.7 Å². The summed E-state index contributed by atoms with van der Waals surface area (Å²) in [5, 5.41) is 7.58. The fraction of sp³-hybridized carbons (Fsp3) is 0.933. The van der Waals surface area contributed by atoms with E-state index in [0.717, 1.165) is 26.0 Å². The number of amidine groups is 1. The van der Waals surface area contributed by atoms with Gasteiger partial charge in [-0.2, -0.15) is 0 Å². The van der Waals surface area contributed by atoms with E-state index < -0.39 is 0 Å². The van der Waals surface area contributed by atoms with Crippen molar-refractivity contribution in [3.05, 3.63) is 0 Å². The monoisotopic (exact) mass is 267 g/mol. The van der Waals surface area contributed by atoms with Crippen LogP contribution in [0.4, 0.5) is 0 Å². The molecule has 0 spiro atoms. The van der Waals surface area contributed by atoms with Gasteiger partial charge < -0.3 is 10.5 Å². The van der Waals surface area contributed by atoms with Crippen molar-refractivity contribution < 1.29 is 4.74 Å². The second-order valence-electron chi connectivity index (χ2n) is 6.70. The van der Waals surface area contributed by atoms with Gasteiger partial charge in [-0.15, -0.1) is 0 Å². The van der Waals surface area contributed by atoms with Crippen LogP contribution in [0.3, 0.4) is 0 Å². The Morgan fingerprint density at radius 1 is 1.37 bits per heavy atom. The molecule has 110 valence electrons. The Labute approximate surface area is 117 Å². The maximum Gasteiger partial charge on any atom is 0.0963 e. The number of rotatable bonds is 6. The highest BCUT2D eigenvalue weighted by atomic mass is 16.5. The van der Waals surface area contributed by atoms with Crippen LogP contribution in [0, 0.1) is 10.8 Å². The lowest BCUT2D eigenvalue weighted by atomic mass is 9.86. The SMILES string of the molecule is CC(C)(CCCCN1CCOC2CCCC21)C(=N)N. The summed E-state index contributed by atoms with van der Waals surface area (Å²) in [7, 11) is 0. The van der Waals surface area contributed by atoms with Crippen LogP contribution in [0.2, 0.25) is 0 Å². The summed E-state index contributed by atoms with van der Waals surface area (Å²) in [6.45, 7) is 7.31. The standard InChI is InChI=1S/C15H29N3O/c1-15(2,14(16)17)8-3-4-9-18-10-11-19-13-7-5-6-12(13)18/h12-13H,3-11H2,1-2H3,(H3,16,17). The molecule has 0 bridgehead atoms. The van der Waals surface area contributed by atoms with Gasteiger partial charge >= 0.3 is 0 Å². The predicted octanol–water partition coefficient (Wildman–Crippen LogP) is 2.37. The number of hydrogen-bond donors (Lipinski definition) is 2. The quantitative estimate of drug-likeness (QED) is 0.441. The van der Waals surface area contributed by atoms with Gasteiger partial charge in [-0.05, 0) is 38.6 Å². The summed E-state index contributed by atoms with van der Waals surface area (Å²) < 4.78 is 5.84. The molecule has 0 aromatic carbocycles. The zero-order valence-electron chi connectivity index (χ0n) is 12.5. The first-order valence-electron chi connectivity index (χ1n) is 7.71. The molecule has 4 nitrogen and oxygen atoms in total. The third-order valence-corrected chi connectivity index (χ3v) is 4.82. The molecule has 2 atom stereocenters. The number of morpholine rings is 1. The molecule has 1 heterocycles.